The van der Waals surface area contributed by atoms with Gasteiger partial charge in [0, 0.05) is 23.1 Å². The SMILES string of the molecule is O=C1c2oc3ccc(Cl)cc3c(=O)c2C(c2ccc([N+](=O)[O-])cc2)C1c1nncs1. The van der Waals surface area contributed by atoms with E-state index >= 15 is 0 Å². The molecule has 30 heavy (non-hydrogen) atoms. The lowest BCUT2D eigenvalue weighted by Crippen LogP contribution is -2.16. The van der Waals surface area contributed by atoms with Crippen LogP contribution in [0.3, 0.4) is 0 Å². The number of aromatic nitrogens is 2. The Kier molecular flexibility index (Phi) is 4.23. The third kappa shape index (κ3) is 2.74. The van der Waals surface area contributed by atoms with Crippen molar-refractivity contribution in [3.05, 3.63) is 95.2 Å². The molecule has 1 aliphatic rings. The topological polar surface area (TPSA) is 116 Å². The van der Waals surface area contributed by atoms with Crippen molar-refractivity contribution < 1.29 is 14.1 Å². The predicted molar refractivity (Wildman–Crippen MR) is 109 cm³/mol. The standard InChI is InChI=1S/C20H10ClN3O5S/c21-10-3-6-13-12(7-10)17(25)15-14(9-1-4-11(5-2-9)24(27)28)16(18(26)19(15)29-13)20-23-22-8-30-20/h1-8,14,16H. The van der Waals surface area contributed by atoms with Crippen molar-refractivity contribution in [2.24, 2.45) is 0 Å². The molecule has 2 heterocycles. The van der Waals surface area contributed by atoms with E-state index < -0.39 is 16.8 Å². The average Bonchev–Trinajstić information content (AvgIpc) is 3.35. The fraction of sp³-hybridized carbons (Fsp3) is 0.100. The van der Waals surface area contributed by atoms with Gasteiger partial charge in [-0.25, -0.2) is 0 Å². The highest BCUT2D eigenvalue weighted by atomic mass is 35.5. The van der Waals surface area contributed by atoms with E-state index in [-0.39, 0.29) is 39.2 Å². The van der Waals surface area contributed by atoms with Crippen LogP contribution in [0.5, 0.6) is 0 Å². The van der Waals surface area contributed by atoms with Gasteiger partial charge in [0.25, 0.3) is 5.69 Å². The largest absolute Gasteiger partial charge is 0.452 e. The fourth-order valence-corrected chi connectivity index (χ4v) is 4.70. The van der Waals surface area contributed by atoms with Crippen LogP contribution >= 0.6 is 22.9 Å². The van der Waals surface area contributed by atoms with Gasteiger partial charge in [-0.3, -0.25) is 19.7 Å². The molecule has 0 fully saturated rings. The van der Waals surface area contributed by atoms with Crippen LogP contribution in [0, 0.1) is 10.1 Å². The van der Waals surface area contributed by atoms with Crippen LogP contribution in [0.4, 0.5) is 5.69 Å². The van der Waals surface area contributed by atoms with Gasteiger partial charge >= 0.3 is 0 Å². The summed E-state index contributed by atoms with van der Waals surface area (Å²) in [4.78, 5) is 37.2. The molecule has 1 aliphatic carbocycles. The van der Waals surface area contributed by atoms with Crippen LogP contribution < -0.4 is 5.43 Å². The zero-order valence-corrected chi connectivity index (χ0v) is 16.5. The van der Waals surface area contributed by atoms with Gasteiger partial charge < -0.3 is 4.42 Å². The summed E-state index contributed by atoms with van der Waals surface area (Å²) in [6.45, 7) is 0. The first kappa shape index (κ1) is 18.6. The molecule has 0 amide bonds. The van der Waals surface area contributed by atoms with Gasteiger partial charge in [0.15, 0.2) is 11.2 Å². The molecule has 4 aromatic rings. The Bertz CT molecular complexity index is 1380. The number of hydrogen-bond acceptors (Lipinski definition) is 8. The summed E-state index contributed by atoms with van der Waals surface area (Å²) in [6, 6.07) is 10.4. The molecule has 0 radical (unpaired) electrons. The Morgan fingerprint density at radius 1 is 1.10 bits per heavy atom. The van der Waals surface area contributed by atoms with Gasteiger partial charge in [-0.15, -0.1) is 21.5 Å². The molecule has 0 saturated carbocycles. The molecule has 148 valence electrons. The van der Waals surface area contributed by atoms with Crippen LogP contribution in [0.1, 0.15) is 38.5 Å². The second kappa shape index (κ2) is 6.82. The van der Waals surface area contributed by atoms with Crippen molar-refractivity contribution in [1.29, 1.82) is 0 Å². The number of non-ortho nitro benzene ring substituents is 1. The van der Waals surface area contributed by atoms with Crippen molar-refractivity contribution in [2.45, 2.75) is 11.8 Å². The number of carbonyl (C=O) groups excluding carboxylic acids is 1. The van der Waals surface area contributed by atoms with Crippen LogP contribution in [-0.4, -0.2) is 20.9 Å². The number of hydrogen-bond donors (Lipinski definition) is 0. The molecular weight excluding hydrogens is 430 g/mol. The highest BCUT2D eigenvalue weighted by Crippen LogP contribution is 2.47. The molecule has 2 atom stereocenters. The van der Waals surface area contributed by atoms with Crippen molar-refractivity contribution in [3.63, 3.8) is 0 Å². The zero-order chi connectivity index (χ0) is 21.0. The van der Waals surface area contributed by atoms with Crippen LogP contribution in [0.15, 0.2) is 57.2 Å². The Morgan fingerprint density at radius 2 is 1.87 bits per heavy atom. The number of ketones is 1. The number of rotatable bonds is 3. The highest BCUT2D eigenvalue weighted by molar-refractivity contribution is 7.09. The van der Waals surface area contributed by atoms with Crippen molar-refractivity contribution in [1.82, 2.24) is 10.2 Å². The number of halogens is 1. The van der Waals surface area contributed by atoms with E-state index in [1.54, 1.807) is 24.3 Å². The van der Waals surface area contributed by atoms with Crippen molar-refractivity contribution >= 4 is 45.4 Å². The maximum absolute atomic E-state index is 13.4. The first-order valence-electron chi connectivity index (χ1n) is 8.76. The van der Waals surface area contributed by atoms with E-state index in [0.29, 0.717) is 15.6 Å². The number of nitro benzene ring substituents is 1. The van der Waals surface area contributed by atoms with Crippen LogP contribution in [-0.2, 0) is 0 Å². The lowest BCUT2D eigenvalue weighted by Gasteiger charge is -2.16. The third-order valence-corrected chi connectivity index (χ3v) is 6.16. The smallest absolute Gasteiger partial charge is 0.269 e. The lowest BCUT2D eigenvalue weighted by molar-refractivity contribution is -0.384. The van der Waals surface area contributed by atoms with Gasteiger partial charge in [-0.1, -0.05) is 23.7 Å². The maximum Gasteiger partial charge on any atom is 0.269 e. The second-order valence-corrected chi connectivity index (χ2v) is 8.06. The summed E-state index contributed by atoms with van der Waals surface area (Å²) in [6.07, 6.45) is 0. The van der Waals surface area contributed by atoms with E-state index in [1.165, 1.54) is 35.0 Å². The molecular formula is C20H10ClN3O5S. The van der Waals surface area contributed by atoms with E-state index in [2.05, 4.69) is 10.2 Å². The summed E-state index contributed by atoms with van der Waals surface area (Å²) in [5, 5.41) is 20.0. The number of benzene rings is 2. The molecule has 5 rings (SSSR count). The molecule has 8 nitrogen and oxygen atoms in total. The number of carbonyl (C=O) groups is 1. The minimum atomic E-state index is -0.808. The quantitative estimate of drug-likeness (QED) is 0.344. The summed E-state index contributed by atoms with van der Waals surface area (Å²) in [5.41, 5.74) is 2.08. The Morgan fingerprint density at radius 3 is 2.53 bits per heavy atom. The predicted octanol–water partition coefficient (Wildman–Crippen LogP) is 4.32. The molecule has 2 unspecified atom stereocenters. The molecule has 0 saturated heterocycles. The number of Topliss-reactive ketones (excluding diaryl/α,β-unsaturated/α-hetero) is 1. The van der Waals surface area contributed by atoms with Crippen molar-refractivity contribution in [3.8, 4) is 0 Å². The van der Waals surface area contributed by atoms with E-state index in [0.717, 1.165) is 0 Å². The maximum atomic E-state index is 13.4. The van der Waals surface area contributed by atoms with Gasteiger partial charge in [0.05, 0.1) is 21.8 Å². The summed E-state index contributed by atoms with van der Waals surface area (Å²) in [7, 11) is 0. The Hall–Kier alpha value is -3.43. The van der Waals surface area contributed by atoms with Crippen LogP contribution in [0.2, 0.25) is 5.02 Å². The van der Waals surface area contributed by atoms with E-state index in [4.69, 9.17) is 16.0 Å². The minimum Gasteiger partial charge on any atom is -0.452 e. The zero-order valence-electron chi connectivity index (χ0n) is 14.9. The van der Waals surface area contributed by atoms with E-state index in [9.17, 15) is 19.7 Å². The summed E-state index contributed by atoms with van der Waals surface area (Å²) >= 11 is 7.25. The average molecular weight is 440 g/mol. The molecule has 2 aromatic heterocycles. The molecule has 10 heteroatoms. The third-order valence-electron chi connectivity index (χ3n) is 5.14. The molecule has 0 bridgehead atoms. The highest BCUT2D eigenvalue weighted by Gasteiger charge is 2.47. The van der Waals surface area contributed by atoms with Crippen LogP contribution in [0.25, 0.3) is 11.0 Å². The molecule has 0 aliphatic heterocycles. The lowest BCUT2D eigenvalue weighted by atomic mass is 9.85. The van der Waals surface area contributed by atoms with Gasteiger partial charge in [-0.2, -0.15) is 0 Å². The van der Waals surface area contributed by atoms with E-state index in [1.807, 2.05) is 0 Å². The Labute approximate surface area is 176 Å². The number of nitro groups is 1. The molecule has 2 aromatic carbocycles. The fourth-order valence-electron chi connectivity index (χ4n) is 3.84. The Balaban J connectivity index is 1.79. The summed E-state index contributed by atoms with van der Waals surface area (Å²) in [5.74, 6) is -1.92. The van der Waals surface area contributed by atoms with Crippen molar-refractivity contribution in [2.75, 3.05) is 0 Å². The monoisotopic (exact) mass is 439 g/mol. The first-order chi connectivity index (χ1) is 14.5. The van der Waals surface area contributed by atoms with Gasteiger partial charge in [0.2, 0.25) is 5.78 Å². The second-order valence-electron chi connectivity index (χ2n) is 6.76. The van der Waals surface area contributed by atoms with Gasteiger partial charge in [-0.05, 0) is 23.8 Å². The number of fused-ring (bicyclic) bond motifs is 2. The first-order valence-corrected chi connectivity index (χ1v) is 10.0. The van der Waals surface area contributed by atoms with Gasteiger partial charge in [0.1, 0.15) is 16.1 Å². The number of nitrogens with zero attached hydrogens (tertiary/aromatic N) is 3. The normalized spacial score (nSPS) is 18.0. The minimum absolute atomic E-state index is 0.0293. The molecule has 0 N–H and O–H groups in total. The molecule has 0 spiro atoms. The summed E-state index contributed by atoms with van der Waals surface area (Å²) < 4.78 is 5.83.